The van der Waals surface area contributed by atoms with Gasteiger partial charge in [0.1, 0.15) is 5.15 Å². The summed E-state index contributed by atoms with van der Waals surface area (Å²) in [6.07, 6.45) is 6.35. The highest BCUT2D eigenvalue weighted by atomic mass is 35.5. The Morgan fingerprint density at radius 2 is 1.88 bits per heavy atom. The lowest BCUT2D eigenvalue weighted by atomic mass is 9.91. The molecule has 9 heteroatoms. The lowest BCUT2D eigenvalue weighted by Crippen LogP contribution is -2.28. The molecule has 1 aliphatic rings. The van der Waals surface area contributed by atoms with Gasteiger partial charge < -0.3 is 10.6 Å². The second kappa shape index (κ2) is 11.0. The van der Waals surface area contributed by atoms with E-state index in [2.05, 4.69) is 20.6 Å². The van der Waals surface area contributed by atoms with Crippen molar-refractivity contribution in [2.75, 3.05) is 18.4 Å². The number of aromatic nitrogens is 2. The van der Waals surface area contributed by atoms with E-state index in [-0.39, 0.29) is 34.3 Å². The highest BCUT2D eigenvalue weighted by Gasteiger charge is 2.27. The van der Waals surface area contributed by atoms with Gasteiger partial charge >= 0.3 is 0 Å². The maximum atomic E-state index is 15.0. The van der Waals surface area contributed by atoms with Gasteiger partial charge in [-0.15, -0.1) is 0 Å². The van der Waals surface area contributed by atoms with E-state index in [1.54, 1.807) is 24.3 Å². The summed E-state index contributed by atoms with van der Waals surface area (Å²) >= 11 is 11.8. The number of benzene rings is 1. The predicted octanol–water partition coefficient (Wildman–Crippen LogP) is 6.04. The second-order valence-corrected chi connectivity index (χ2v) is 8.78. The molecular weight excluding hydrogens is 481 g/mol. The quantitative estimate of drug-likeness (QED) is 0.403. The number of nitrogens with zero attached hydrogens (tertiary/aromatic N) is 2. The van der Waals surface area contributed by atoms with Crippen LogP contribution in [0.3, 0.4) is 0 Å². The van der Waals surface area contributed by atoms with Crippen LogP contribution in [0.2, 0.25) is 10.2 Å². The molecule has 2 aromatic heterocycles. The lowest BCUT2D eigenvalue weighted by Gasteiger charge is -2.26. The molecule has 1 aliphatic heterocycles. The zero-order valence-electron chi connectivity index (χ0n) is 18.1. The summed E-state index contributed by atoms with van der Waals surface area (Å²) in [4.78, 5) is 20.8. The van der Waals surface area contributed by atoms with E-state index >= 15 is 4.39 Å². The van der Waals surface area contributed by atoms with Crippen LogP contribution in [0.5, 0.6) is 0 Å². The van der Waals surface area contributed by atoms with Gasteiger partial charge in [-0.1, -0.05) is 47.5 Å². The van der Waals surface area contributed by atoms with E-state index in [1.165, 1.54) is 18.3 Å². The van der Waals surface area contributed by atoms with Crippen LogP contribution in [0, 0.1) is 11.8 Å². The first-order valence-electron chi connectivity index (χ1n) is 10.9. The fraction of sp³-hybridized carbons (Fsp3) is 0.240. The van der Waals surface area contributed by atoms with Crippen molar-refractivity contribution in [3.05, 3.63) is 93.0 Å². The molecule has 34 heavy (non-hydrogen) atoms. The van der Waals surface area contributed by atoms with Crippen LogP contribution in [0.15, 0.2) is 48.7 Å². The van der Waals surface area contributed by atoms with E-state index in [1.807, 2.05) is 12.1 Å². The summed E-state index contributed by atoms with van der Waals surface area (Å²) in [6, 6.07) is 10.0. The van der Waals surface area contributed by atoms with Gasteiger partial charge in [0.15, 0.2) is 5.82 Å². The fourth-order valence-corrected chi connectivity index (χ4v) is 4.24. The van der Waals surface area contributed by atoms with Crippen molar-refractivity contribution in [2.24, 2.45) is 0 Å². The number of halogens is 4. The zero-order valence-corrected chi connectivity index (χ0v) is 19.6. The summed E-state index contributed by atoms with van der Waals surface area (Å²) in [5, 5.41) is 6.78. The number of carbonyl (C=O) groups is 1. The lowest BCUT2D eigenvalue weighted by molar-refractivity contribution is 0.102. The Kier molecular flexibility index (Phi) is 7.88. The van der Waals surface area contributed by atoms with Crippen molar-refractivity contribution in [1.82, 2.24) is 15.3 Å². The third-order valence-corrected chi connectivity index (χ3v) is 6.14. The van der Waals surface area contributed by atoms with Gasteiger partial charge in [0, 0.05) is 28.3 Å². The van der Waals surface area contributed by atoms with Crippen molar-refractivity contribution >= 4 is 40.9 Å². The highest BCUT2D eigenvalue weighted by Crippen LogP contribution is 2.35. The van der Waals surface area contributed by atoms with Gasteiger partial charge in [0.2, 0.25) is 5.95 Å². The molecule has 176 valence electrons. The number of pyridine rings is 2. The van der Waals surface area contributed by atoms with Crippen molar-refractivity contribution in [3.63, 3.8) is 0 Å². The predicted molar refractivity (Wildman–Crippen MR) is 130 cm³/mol. The average molecular weight is 503 g/mol. The first-order valence-corrected chi connectivity index (χ1v) is 11.6. The molecule has 1 aromatic carbocycles. The molecule has 2 N–H and O–H groups in total. The number of piperidine rings is 1. The van der Waals surface area contributed by atoms with Gasteiger partial charge in [-0.2, -0.15) is 4.39 Å². The van der Waals surface area contributed by atoms with E-state index in [9.17, 15) is 9.18 Å². The largest absolute Gasteiger partial charge is 0.320 e. The molecule has 0 unspecified atom stereocenters. The number of nitrogens with one attached hydrogen (secondary N) is 2. The van der Waals surface area contributed by atoms with Gasteiger partial charge in [-0.3, -0.25) is 4.79 Å². The van der Waals surface area contributed by atoms with Crippen LogP contribution in [-0.2, 0) is 6.42 Å². The van der Waals surface area contributed by atoms with Gasteiger partial charge in [0.05, 0.1) is 11.4 Å². The molecule has 1 amide bonds. The molecule has 0 saturated carbocycles. The van der Waals surface area contributed by atoms with Crippen molar-refractivity contribution in [2.45, 2.75) is 25.2 Å². The molecule has 1 saturated heterocycles. The van der Waals surface area contributed by atoms with E-state index in [4.69, 9.17) is 23.2 Å². The molecule has 3 heterocycles. The molecule has 0 spiro atoms. The summed E-state index contributed by atoms with van der Waals surface area (Å²) in [5.74, 6) is -2.88. The highest BCUT2D eigenvalue weighted by molar-refractivity contribution is 6.30. The third kappa shape index (κ3) is 5.78. The van der Waals surface area contributed by atoms with Crippen LogP contribution >= 0.6 is 23.2 Å². The molecule has 0 bridgehead atoms. The molecule has 0 aliphatic carbocycles. The monoisotopic (exact) mass is 502 g/mol. The van der Waals surface area contributed by atoms with Crippen LogP contribution in [0.4, 0.5) is 14.5 Å². The molecule has 0 atom stereocenters. The minimum Gasteiger partial charge on any atom is -0.320 e. The number of hydrogen-bond donors (Lipinski definition) is 2. The summed E-state index contributed by atoms with van der Waals surface area (Å²) in [7, 11) is 0. The standard InChI is InChI=1S/C25H22Cl2F2N4O/c26-18-6-4-15(5-7-18)2-1-3-19-21(28)24(29)32-22(16-8-11-30-12-9-16)23(19)33-25(34)17-10-13-31-20(27)14-17/h1-2,4-7,10,13-14,16,30H,3,8-9,11-12H2,(H,33,34). The summed E-state index contributed by atoms with van der Waals surface area (Å²) in [5.41, 5.74) is 1.70. The van der Waals surface area contributed by atoms with Crippen molar-refractivity contribution in [3.8, 4) is 0 Å². The van der Waals surface area contributed by atoms with Crippen molar-refractivity contribution < 1.29 is 13.6 Å². The number of hydrogen-bond acceptors (Lipinski definition) is 4. The zero-order chi connectivity index (χ0) is 24.1. The SMILES string of the molecule is O=C(Nc1c(C2CCNCC2)nc(F)c(F)c1CC=Cc1ccc(Cl)cc1)c1ccnc(Cl)c1. The smallest absolute Gasteiger partial charge is 0.255 e. The topological polar surface area (TPSA) is 66.9 Å². The van der Waals surface area contributed by atoms with E-state index < -0.39 is 17.7 Å². The Hall–Kier alpha value is -2.87. The van der Waals surface area contributed by atoms with Gasteiger partial charge in [0.25, 0.3) is 5.91 Å². The molecular formula is C25H22Cl2F2N4O. The van der Waals surface area contributed by atoms with Crippen LogP contribution in [0.25, 0.3) is 6.08 Å². The molecule has 3 aromatic rings. The maximum absolute atomic E-state index is 15.0. The molecule has 4 rings (SSSR count). The minimum atomic E-state index is -1.17. The van der Waals surface area contributed by atoms with Crippen LogP contribution in [-0.4, -0.2) is 29.0 Å². The van der Waals surface area contributed by atoms with Crippen molar-refractivity contribution in [1.29, 1.82) is 0 Å². The Bertz CT molecular complexity index is 1210. The number of rotatable bonds is 6. The molecule has 1 fully saturated rings. The van der Waals surface area contributed by atoms with Gasteiger partial charge in [-0.05, 0) is 62.2 Å². The number of anilines is 1. The van der Waals surface area contributed by atoms with E-state index in [0.29, 0.717) is 23.6 Å². The Balaban J connectivity index is 1.72. The Morgan fingerprint density at radius 3 is 2.59 bits per heavy atom. The third-order valence-electron chi connectivity index (χ3n) is 5.68. The number of allylic oxidation sites excluding steroid dienone is 1. The summed E-state index contributed by atoms with van der Waals surface area (Å²) < 4.78 is 29.6. The van der Waals surface area contributed by atoms with E-state index in [0.717, 1.165) is 18.7 Å². The number of carbonyl (C=O) groups excluding carboxylic acids is 1. The Labute approximate surface area is 206 Å². The fourth-order valence-electron chi connectivity index (χ4n) is 3.94. The normalized spacial score (nSPS) is 14.5. The minimum absolute atomic E-state index is 0.0414. The maximum Gasteiger partial charge on any atom is 0.255 e. The molecule has 0 radical (unpaired) electrons. The summed E-state index contributed by atoms with van der Waals surface area (Å²) in [6.45, 7) is 1.45. The van der Waals surface area contributed by atoms with Crippen LogP contribution in [0.1, 0.15) is 45.9 Å². The van der Waals surface area contributed by atoms with Gasteiger partial charge in [-0.25, -0.2) is 14.4 Å². The first-order chi connectivity index (χ1) is 16.4. The average Bonchev–Trinajstić information content (AvgIpc) is 2.84. The number of amides is 1. The Morgan fingerprint density at radius 1 is 1.15 bits per heavy atom. The van der Waals surface area contributed by atoms with Crippen LogP contribution < -0.4 is 10.6 Å². The molecule has 5 nitrogen and oxygen atoms in total. The second-order valence-electron chi connectivity index (χ2n) is 7.96. The first kappa shape index (κ1) is 24.3.